The number of amides is 1. The summed E-state index contributed by atoms with van der Waals surface area (Å²) in [7, 11) is 0. The van der Waals surface area contributed by atoms with Gasteiger partial charge in [0.1, 0.15) is 5.82 Å². The first-order valence-corrected chi connectivity index (χ1v) is 5.79. The number of benzene rings is 1. The van der Waals surface area contributed by atoms with E-state index in [2.05, 4.69) is 21.2 Å². The molecule has 1 rings (SSSR count). The fraction of sp³-hybridized carbons (Fsp3) is 0.364. The Morgan fingerprint density at radius 2 is 2.27 bits per heavy atom. The summed E-state index contributed by atoms with van der Waals surface area (Å²) in [4.78, 5) is 11.7. The summed E-state index contributed by atoms with van der Waals surface area (Å²) in [5.74, 6) is -0.629. The summed E-state index contributed by atoms with van der Waals surface area (Å²) in [6.45, 7) is 3.66. The molecule has 1 N–H and O–H groups in total. The van der Waals surface area contributed by atoms with E-state index in [1.807, 2.05) is 6.92 Å². The molecular weight excluding hydrogens is 261 g/mol. The molecule has 0 saturated carbocycles. The van der Waals surface area contributed by atoms with Gasteiger partial charge in [-0.15, -0.1) is 0 Å². The lowest BCUT2D eigenvalue weighted by molar-refractivity contribution is 0.0943. The molecule has 0 saturated heterocycles. The van der Waals surface area contributed by atoms with E-state index in [0.717, 1.165) is 5.56 Å². The van der Waals surface area contributed by atoms with E-state index in [-0.39, 0.29) is 11.9 Å². The van der Waals surface area contributed by atoms with Gasteiger partial charge < -0.3 is 5.32 Å². The van der Waals surface area contributed by atoms with E-state index in [0.29, 0.717) is 10.9 Å². The van der Waals surface area contributed by atoms with Gasteiger partial charge >= 0.3 is 0 Å². The first-order chi connectivity index (χ1) is 7.04. The van der Waals surface area contributed by atoms with Crippen LogP contribution in [0.5, 0.6) is 0 Å². The van der Waals surface area contributed by atoms with Crippen LogP contribution in [-0.4, -0.2) is 17.3 Å². The van der Waals surface area contributed by atoms with E-state index in [1.54, 1.807) is 13.0 Å². The Bertz CT molecular complexity index is 368. The first kappa shape index (κ1) is 12.2. The molecule has 0 aliphatic rings. The second kappa shape index (κ2) is 5.26. The summed E-state index contributed by atoms with van der Waals surface area (Å²) in [5.41, 5.74) is 1.17. The molecule has 1 atom stereocenters. The van der Waals surface area contributed by atoms with Crippen molar-refractivity contribution >= 4 is 21.8 Å². The zero-order valence-electron chi connectivity index (χ0n) is 8.68. The molecule has 1 aromatic rings. The molecule has 1 aromatic carbocycles. The van der Waals surface area contributed by atoms with Gasteiger partial charge in [-0.3, -0.25) is 4.79 Å². The molecule has 0 radical (unpaired) electrons. The minimum absolute atomic E-state index is 0.0279. The molecule has 0 aliphatic heterocycles. The third-order valence-electron chi connectivity index (χ3n) is 2.05. The summed E-state index contributed by atoms with van der Waals surface area (Å²) in [5, 5.41) is 3.44. The second-order valence-corrected chi connectivity index (χ2v) is 4.14. The van der Waals surface area contributed by atoms with Gasteiger partial charge in [-0.25, -0.2) is 4.39 Å². The fourth-order valence-corrected chi connectivity index (χ4v) is 1.34. The molecule has 0 heterocycles. The number of nitrogens with one attached hydrogen (secondary N) is 1. The molecule has 0 spiro atoms. The highest BCUT2D eigenvalue weighted by Gasteiger charge is 2.11. The molecule has 0 aromatic heterocycles. The SMILES string of the molecule is Cc1ccc(F)cc1C(=O)NC(C)CBr. The van der Waals surface area contributed by atoms with Gasteiger partial charge in [-0.2, -0.15) is 0 Å². The molecule has 82 valence electrons. The van der Waals surface area contributed by atoms with Crippen molar-refractivity contribution in [1.82, 2.24) is 5.32 Å². The van der Waals surface area contributed by atoms with Crippen molar-refractivity contribution in [3.05, 3.63) is 35.1 Å². The van der Waals surface area contributed by atoms with Crippen LogP contribution in [-0.2, 0) is 0 Å². The Hall–Kier alpha value is -0.900. The van der Waals surface area contributed by atoms with Crippen molar-refractivity contribution in [3.8, 4) is 0 Å². The normalized spacial score (nSPS) is 12.3. The van der Waals surface area contributed by atoms with Gasteiger partial charge in [-0.05, 0) is 31.5 Å². The number of carbonyl (C=O) groups is 1. The van der Waals surface area contributed by atoms with Crippen LogP contribution in [0.4, 0.5) is 4.39 Å². The predicted molar refractivity (Wildman–Crippen MR) is 61.9 cm³/mol. The number of rotatable bonds is 3. The van der Waals surface area contributed by atoms with Crippen LogP contribution in [0.25, 0.3) is 0 Å². The monoisotopic (exact) mass is 273 g/mol. The third kappa shape index (κ3) is 3.30. The Kier molecular flexibility index (Phi) is 4.27. The highest BCUT2D eigenvalue weighted by Crippen LogP contribution is 2.10. The van der Waals surface area contributed by atoms with E-state index in [1.165, 1.54) is 12.1 Å². The fourth-order valence-electron chi connectivity index (χ4n) is 1.18. The Morgan fingerprint density at radius 3 is 2.87 bits per heavy atom. The second-order valence-electron chi connectivity index (χ2n) is 3.49. The predicted octanol–water partition coefficient (Wildman–Crippen LogP) is 2.65. The standard InChI is InChI=1S/C11H13BrFNO/c1-7-3-4-9(13)5-10(7)11(15)14-8(2)6-12/h3-5,8H,6H2,1-2H3,(H,14,15). The third-order valence-corrected chi connectivity index (χ3v) is 3.02. The molecular formula is C11H13BrFNO. The minimum Gasteiger partial charge on any atom is -0.349 e. The lowest BCUT2D eigenvalue weighted by atomic mass is 10.1. The molecule has 15 heavy (non-hydrogen) atoms. The topological polar surface area (TPSA) is 29.1 Å². The zero-order valence-corrected chi connectivity index (χ0v) is 10.3. The van der Waals surface area contributed by atoms with Crippen LogP contribution in [0.1, 0.15) is 22.8 Å². The van der Waals surface area contributed by atoms with Crippen LogP contribution in [0, 0.1) is 12.7 Å². The maximum Gasteiger partial charge on any atom is 0.251 e. The Morgan fingerprint density at radius 1 is 1.60 bits per heavy atom. The number of halogens is 2. The molecule has 1 amide bonds. The van der Waals surface area contributed by atoms with Gasteiger partial charge in [0.25, 0.3) is 5.91 Å². The van der Waals surface area contributed by atoms with Crippen LogP contribution >= 0.6 is 15.9 Å². The number of alkyl halides is 1. The first-order valence-electron chi connectivity index (χ1n) is 4.67. The van der Waals surface area contributed by atoms with E-state index in [9.17, 15) is 9.18 Å². The van der Waals surface area contributed by atoms with Gasteiger partial charge in [0.15, 0.2) is 0 Å². The Labute approximate surface area is 97.0 Å². The van der Waals surface area contributed by atoms with E-state index in [4.69, 9.17) is 0 Å². The van der Waals surface area contributed by atoms with E-state index < -0.39 is 5.82 Å². The van der Waals surface area contributed by atoms with Crippen LogP contribution in [0.2, 0.25) is 0 Å². The average molecular weight is 274 g/mol. The maximum atomic E-state index is 12.9. The van der Waals surface area contributed by atoms with Crippen molar-refractivity contribution in [3.63, 3.8) is 0 Å². The van der Waals surface area contributed by atoms with Crippen LogP contribution in [0.15, 0.2) is 18.2 Å². The zero-order chi connectivity index (χ0) is 11.4. The molecule has 0 aliphatic carbocycles. The van der Waals surface area contributed by atoms with Gasteiger partial charge in [0, 0.05) is 16.9 Å². The van der Waals surface area contributed by atoms with Gasteiger partial charge in [0.05, 0.1) is 0 Å². The number of hydrogen-bond donors (Lipinski definition) is 1. The maximum absolute atomic E-state index is 12.9. The van der Waals surface area contributed by atoms with Gasteiger partial charge in [0.2, 0.25) is 0 Å². The summed E-state index contributed by atoms with van der Waals surface area (Å²) < 4.78 is 12.9. The molecule has 1 unspecified atom stereocenters. The van der Waals surface area contributed by atoms with Crippen LogP contribution in [0.3, 0.4) is 0 Å². The molecule has 4 heteroatoms. The van der Waals surface area contributed by atoms with E-state index >= 15 is 0 Å². The van der Waals surface area contributed by atoms with Gasteiger partial charge in [-0.1, -0.05) is 22.0 Å². The summed E-state index contributed by atoms with van der Waals surface area (Å²) in [6.07, 6.45) is 0. The van der Waals surface area contributed by atoms with Crippen molar-refractivity contribution in [2.45, 2.75) is 19.9 Å². The van der Waals surface area contributed by atoms with Crippen molar-refractivity contribution in [1.29, 1.82) is 0 Å². The lowest BCUT2D eigenvalue weighted by Crippen LogP contribution is -2.34. The van der Waals surface area contributed by atoms with Crippen molar-refractivity contribution < 1.29 is 9.18 Å². The number of carbonyl (C=O) groups excluding carboxylic acids is 1. The Balaban J connectivity index is 2.86. The highest BCUT2D eigenvalue weighted by atomic mass is 79.9. The van der Waals surface area contributed by atoms with Crippen molar-refractivity contribution in [2.75, 3.05) is 5.33 Å². The molecule has 0 fully saturated rings. The molecule has 2 nitrogen and oxygen atoms in total. The van der Waals surface area contributed by atoms with Crippen molar-refractivity contribution in [2.24, 2.45) is 0 Å². The average Bonchev–Trinajstić information content (AvgIpc) is 2.21. The largest absolute Gasteiger partial charge is 0.349 e. The highest BCUT2D eigenvalue weighted by molar-refractivity contribution is 9.09. The minimum atomic E-state index is -0.391. The lowest BCUT2D eigenvalue weighted by Gasteiger charge is -2.12. The number of hydrogen-bond acceptors (Lipinski definition) is 1. The summed E-state index contributed by atoms with van der Waals surface area (Å²) in [6, 6.07) is 4.23. The summed E-state index contributed by atoms with van der Waals surface area (Å²) >= 11 is 3.26. The smallest absolute Gasteiger partial charge is 0.251 e. The number of aryl methyl sites for hydroxylation is 1. The van der Waals surface area contributed by atoms with Crippen LogP contribution < -0.4 is 5.32 Å². The quantitative estimate of drug-likeness (QED) is 0.843. The molecule has 0 bridgehead atoms.